The molecule has 0 aromatic heterocycles. The largest absolute Gasteiger partial charge is 0.484 e. The van der Waals surface area contributed by atoms with Gasteiger partial charge in [-0.25, -0.2) is 0 Å². The standard InChI is InChI=1S/C23H26Cl2N2O2/c1-17(10-13-26-23(28)16-29-22-8-6-21(25)7-9-22)27-14-11-19(12-15-27)18-2-4-20(24)5-3-18/h2-9,19H,1,10-16H2,(H,26,28). The maximum absolute atomic E-state index is 12.0. The van der Waals surface area contributed by atoms with Crippen molar-refractivity contribution in [3.63, 3.8) is 0 Å². The topological polar surface area (TPSA) is 41.6 Å². The maximum Gasteiger partial charge on any atom is 0.257 e. The molecule has 3 rings (SSSR count). The number of hydrogen-bond donors (Lipinski definition) is 1. The Bertz CT molecular complexity index is 814. The molecule has 1 amide bonds. The van der Waals surface area contributed by atoms with Crippen molar-refractivity contribution in [1.29, 1.82) is 0 Å². The molecule has 1 aliphatic heterocycles. The van der Waals surface area contributed by atoms with E-state index >= 15 is 0 Å². The van der Waals surface area contributed by atoms with Crippen LogP contribution in [0.1, 0.15) is 30.7 Å². The fourth-order valence-corrected chi connectivity index (χ4v) is 3.75. The van der Waals surface area contributed by atoms with Gasteiger partial charge in [0.1, 0.15) is 5.75 Å². The number of benzene rings is 2. The van der Waals surface area contributed by atoms with E-state index in [1.54, 1.807) is 24.3 Å². The number of halogens is 2. The van der Waals surface area contributed by atoms with Crippen LogP contribution in [0.4, 0.5) is 0 Å². The van der Waals surface area contributed by atoms with Crippen LogP contribution in [0.3, 0.4) is 0 Å². The van der Waals surface area contributed by atoms with E-state index in [9.17, 15) is 4.79 Å². The maximum atomic E-state index is 12.0. The van der Waals surface area contributed by atoms with E-state index in [1.165, 1.54) is 5.56 Å². The predicted octanol–water partition coefficient (Wildman–Crippen LogP) is 5.27. The summed E-state index contributed by atoms with van der Waals surface area (Å²) in [5.41, 5.74) is 2.42. The molecule has 0 atom stereocenters. The quantitative estimate of drug-likeness (QED) is 0.617. The van der Waals surface area contributed by atoms with Crippen LogP contribution in [0.5, 0.6) is 5.75 Å². The summed E-state index contributed by atoms with van der Waals surface area (Å²) in [7, 11) is 0. The van der Waals surface area contributed by atoms with Gasteiger partial charge in [-0.1, -0.05) is 41.9 Å². The van der Waals surface area contributed by atoms with Crippen molar-refractivity contribution in [1.82, 2.24) is 10.2 Å². The highest BCUT2D eigenvalue weighted by atomic mass is 35.5. The van der Waals surface area contributed by atoms with E-state index in [1.807, 2.05) is 12.1 Å². The summed E-state index contributed by atoms with van der Waals surface area (Å²) in [4.78, 5) is 14.3. The number of carbonyl (C=O) groups is 1. The lowest BCUT2D eigenvalue weighted by Crippen LogP contribution is -2.34. The van der Waals surface area contributed by atoms with E-state index in [2.05, 4.69) is 28.9 Å². The van der Waals surface area contributed by atoms with E-state index in [0.29, 0.717) is 23.2 Å². The molecule has 1 heterocycles. The predicted molar refractivity (Wildman–Crippen MR) is 119 cm³/mol. The fourth-order valence-electron chi connectivity index (χ4n) is 3.50. The van der Waals surface area contributed by atoms with Gasteiger partial charge in [0, 0.05) is 41.8 Å². The molecule has 2 aromatic rings. The highest BCUT2D eigenvalue weighted by molar-refractivity contribution is 6.30. The Morgan fingerprint density at radius 1 is 1.03 bits per heavy atom. The molecule has 4 nitrogen and oxygen atoms in total. The summed E-state index contributed by atoms with van der Waals surface area (Å²) in [5.74, 6) is 1.05. The number of carbonyl (C=O) groups excluding carboxylic acids is 1. The lowest BCUT2D eigenvalue weighted by atomic mass is 9.89. The van der Waals surface area contributed by atoms with Crippen LogP contribution in [0.2, 0.25) is 10.0 Å². The van der Waals surface area contributed by atoms with Crippen LogP contribution in [-0.4, -0.2) is 37.0 Å². The first-order valence-corrected chi connectivity index (χ1v) is 10.6. The summed E-state index contributed by atoms with van der Waals surface area (Å²) in [6.07, 6.45) is 2.93. The van der Waals surface area contributed by atoms with Gasteiger partial charge in [0.05, 0.1) is 0 Å². The van der Waals surface area contributed by atoms with Crippen LogP contribution < -0.4 is 10.1 Å². The average Bonchev–Trinajstić information content (AvgIpc) is 2.74. The summed E-state index contributed by atoms with van der Waals surface area (Å²) in [5, 5.41) is 4.30. The van der Waals surface area contributed by atoms with E-state index in [0.717, 1.165) is 43.1 Å². The highest BCUT2D eigenvalue weighted by Gasteiger charge is 2.21. The molecule has 1 aliphatic rings. The second kappa shape index (κ2) is 10.6. The third-order valence-corrected chi connectivity index (χ3v) is 5.71. The minimum absolute atomic E-state index is 0.0133. The smallest absolute Gasteiger partial charge is 0.257 e. The third kappa shape index (κ3) is 6.69. The molecule has 6 heteroatoms. The van der Waals surface area contributed by atoms with E-state index in [4.69, 9.17) is 27.9 Å². The molecule has 1 N–H and O–H groups in total. The van der Waals surface area contributed by atoms with Gasteiger partial charge in [0.15, 0.2) is 6.61 Å². The molecule has 29 heavy (non-hydrogen) atoms. The van der Waals surface area contributed by atoms with Gasteiger partial charge in [0.25, 0.3) is 5.91 Å². The second-order valence-electron chi connectivity index (χ2n) is 7.22. The van der Waals surface area contributed by atoms with Crippen molar-refractivity contribution in [2.24, 2.45) is 0 Å². The number of rotatable bonds is 8. The number of piperidine rings is 1. The first-order valence-electron chi connectivity index (χ1n) is 9.84. The molecule has 1 saturated heterocycles. The van der Waals surface area contributed by atoms with Gasteiger partial charge in [0.2, 0.25) is 0 Å². The van der Waals surface area contributed by atoms with Crippen molar-refractivity contribution in [2.75, 3.05) is 26.2 Å². The zero-order valence-electron chi connectivity index (χ0n) is 16.4. The van der Waals surface area contributed by atoms with Crippen LogP contribution in [0.25, 0.3) is 0 Å². The normalized spacial score (nSPS) is 14.5. The zero-order valence-corrected chi connectivity index (χ0v) is 17.9. The van der Waals surface area contributed by atoms with Gasteiger partial charge in [-0.3, -0.25) is 4.79 Å². The van der Waals surface area contributed by atoms with Gasteiger partial charge in [-0.05, 0) is 60.7 Å². The first-order chi connectivity index (χ1) is 14.0. The van der Waals surface area contributed by atoms with Crippen molar-refractivity contribution < 1.29 is 9.53 Å². The molecular formula is C23H26Cl2N2O2. The molecule has 0 radical (unpaired) electrons. The number of likely N-dealkylation sites (tertiary alicyclic amines) is 1. The lowest BCUT2D eigenvalue weighted by molar-refractivity contribution is -0.123. The van der Waals surface area contributed by atoms with Gasteiger partial charge < -0.3 is 15.0 Å². The number of amides is 1. The van der Waals surface area contributed by atoms with Gasteiger partial charge in [-0.2, -0.15) is 0 Å². The molecule has 0 bridgehead atoms. The fraction of sp³-hybridized carbons (Fsp3) is 0.348. The van der Waals surface area contributed by atoms with Crippen molar-refractivity contribution in [3.8, 4) is 5.75 Å². The van der Waals surface area contributed by atoms with Crippen LogP contribution in [0.15, 0.2) is 60.8 Å². The minimum atomic E-state index is -0.144. The van der Waals surface area contributed by atoms with Crippen LogP contribution >= 0.6 is 23.2 Å². The molecule has 2 aromatic carbocycles. The average molecular weight is 433 g/mol. The Kier molecular flexibility index (Phi) is 7.84. The SMILES string of the molecule is C=C(CCNC(=O)COc1ccc(Cl)cc1)N1CCC(c2ccc(Cl)cc2)CC1. The molecule has 0 spiro atoms. The number of ether oxygens (including phenoxy) is 1. The summed E-state index contributed by atoms with van der Waals surface area (Å²) in [6.45, 7) is 6.71. The Labute approximate surface area is 182 Å². The third-order valence-electron chi connectivity index (χ3n) is 5.20. The molecule has 0 aliphatic carbocycles. The second-order valence-corrected chi connectivity index (χ2v) is 8.09. The summed E-state index contributed by atoms with van der Waals surface area (Å²) >= 11 is 11.8. The number of nitrogens with one attached hydrogen (secondary N) is 1. The van der Waals surface area contributed by atoms with Gasteiger partial charge in [-0.15, -0.1) is 0 Å². The molecular weight excluding hydrogens is 407 g/mol. The number of nitrogens with zero attached hydrogens (tertiary/aromatic N) is 1. The Hall–Kier alpha value is -2.17. The van der Waals surface area contributed by atoms with Crippen molar-refractivity contribution in [2.45, 2.75) is 25.2 Å². The van der Waals surface area contributed by atoms with Crippen molar-refractivity contribution >= 4 is 29.1 Å². The molecule has 154 valence electrons. The van der Waals surface area contributed by atoms with Crippen LogP contribution in [0, 0.1) is 0 Å². The van der Waals surface area contributed by atoms with E-state index < -0.39 is 0 Å². The Morgan fingerprint density at radius 3 is 2.24 bits per heavy atom. The molecule has 0 unspecified atom stereocenters. The van der Waals surface area contributed by atoms with Crippen LogP contribution in [-0.2, 0) is 4.79 Å². The minimum Gasteiger partial charge on any atom is -0.484 e. The molecule has 1 fully saturated rings. The molecule has 0 saturated carbocycles. The van der Waals surface area contributed by atoms with E-state index in [-0.39, 0.29) is 12.5 Å². The Morgan fingerprint density at radius 2 is 1.62 bits per heavy atom. The Balaban J connectivity index is 1.33. The summed E-state index contributed by atoms with van der Waals surface area (Å²) < 4.78 is 5.45. The first kappa shape index (κ1) is 21.5. The lowest BCUT2D eigenvalue weighted by Gasteiger charge is -2.35. The monoisotopic (exact) mass is 432 g/mol. The van der Waals surface area contributed by atoms with Crippen molar-refractivity contribution in [3.05, 3.63) is 76.4 Å². The number of hydrogen-bond acceptors (Lipinski definition) is 3. The van der Waals surface area contributed by atoms with Gasteiger partial charge >= 0.3 is 0 Å². The zero-order chi connectivity index (χ0) is 20.6. The highest BCUT2D eigenvalue weighted by Crippen LogP contribution is 2.30. The summed E-state index contributed by atoms with van der Waals surface area (Å²) in [6, 6.07) is 15.1.